The van der Waals surface area contributed by atoms with Crippen LogP contribution in [0.25, 0.3) is 0 Å². The van der Waals surface area contributed by atoms with Gasteiger partial charge in [-0.3, -0.25) is 4.79 Å². The van der Waals surface area contributed by atoms with E-state index in [-0.39, 0.29) is 24.8 Å². The molecule has 0 bridgehead atoms. The zero-order valence-electron chi connectivity index (χ0n) is 15.9. The summed E-state index contributed by atoms with van der Waals surface area (Å²) in [5.41, 5.74) is 4.08. The van der Waals surface area contributed by atoms with E-state index in [4.69, 9.17) is 0 Å². The summed E-state index contributed by atoms with van der Waals surface area (Å²) < 4.78 is 42.1. The zero-order valence-corrected chi connectivity index (χ0v) is 15.9. The summed E-state index contributed by atoms with van der Waals surface area (Å²) >= 11 is 0. The maximum Gasteiger partial charge on any atom is 0.268 e. The van der Waals surface area contributed by atoms with Crippen molar-refractivity contribution in [1.82, 2.24) is 9.88 Å². The zero-order chi connectivity index (χ0) is 20.4. The largest absolute Gasteiger partial charge is 0.347 e. The monoisotopic (exact) mass is 386 g/mol. The second kappa shape index (κ2) is 7.92. The number of aromatic nitrogens is 1. The van der Waals surface area contributed by atoms with Crippen molar-refractivity contribution in [2.45, 2.75) is 33.9 Å². The summed E-state index contributed by atoms with van der Waals surface area (Å²) in [6.45, 7) is 5.96. The Bertz CT molecular complexity index is 1020. The third-order valence-corrected chi connectivity index (χ3v) is 5.06. The molecule has 1 amide bonds. The van der Waals surface area contributed by atoms with Crippen molar-refractivity contribution in [3.63, 3.8) is 0 Å². The minimum absolute atomic E-state index is 0.117. The molecule has 0 radical (unpaired) electrons. The molecule has 28 heavy (non-hydrogen) atoms. The molecule has 2 aromatic carbocycles. The molecule has 3 nitrogen and oxygen atoms in total. The van der Waals surface area contributed by atoms with Crippen LogP contribution in [0.4, 0.5) is 13.2 Å². The first-order chi connectivity index (χ1) is 13.3. The highest BCUT2D eigenvalue weighted by atomic mass is 19.1. The Morgan fingerprint density at radius 2 is 1.57 bits per heavy atom. The maximum absolute atomic E-state index is 14.1. The number of nitrogens with zero attached hydrogens (tertiary/aromatic N) is 1. The maximum atomic E-state index is 14.1. The van der Waals surface area contributed by atoms with Crippen LogP contribution < -0.4 is 5.32 Å². The van der Waals surface area contributed by atoms with Gasteiger partial charge in [0, 0.05) is 23.9 Å². The van der Waals surface area contributed by atoms with Gasteiger partial charge in [-0.1, -0.05) is 18.2 Å². The molecule has 3 aromatic rings. The molecule has 0 unspecified atom stereocenters. The van der Waals surface area contributed by atoms with Crippen molar-refractivity contribution >= 4 is 5.91 Å². The van der Waals surface area contributed by atoms with E-state index in [1.807, 2.05) is 20.8 Å². The summed E-state index contributed by atoms with van der Waals surface area (Å²) in [6.07, 6.45) is 0. The molecule has 0 spiro atoms. The molecule has 0 aliphatic heterocycles. The quantitative estimate of drug-likeness (QED) is 0.671. The fourth-order valence-corrected chi connectivity index (χ4v) is 3.20. The lowest BCUT2D eigenvalue weighted by molar-refractivity contribution is 0.0941. The molecule has 1 heterocycles. The van der Waals surface area contributed by atoms with Crippen molar-refractivity contribution in [3.05, 3.63) is 93.6 Å². The van der Waals surface area contributed by atoms with E-state index in [9.17, 15) is 18.0 Å². The molecule has 0 fully saturated rings. The van der Waals surface area contributed by atoms with E-state index in [2.05, 4.69) is 5.32 Å². The molecule has 0 atom stereocenters. The second-order valence-electron chi connectivity index (χ2n) is 6.82. The van der Waals surface area contributed by atoms with Crippen molar-refractivity contribution < 1.29 is 18.0 Å². The van der Waals surface area contributed by atoms with Crippen LogP contribution in [0.1, 0.15) is 38.4 Å². The number of hydrogen-bond donors (Lipinski definition) is 1. The van der Waals surface area contributed by atoms with Gasteiger partial charge in [0.05, 0.1) is 6.54 Å². The van der Waals surface area contributed by atoms with Gasteiger partial charge in [-0.2, -0.15) is 0 Å². The minimum Gasteiger partial charge on any atom is -0.347 e. The van der Waals surface area contributed by atoms with Crippen molar-refractivity contribution in [1.29, 1.82) is 0 Å². The standard InChI is InChI=1S/C22H21F3N2O/c1-13-14(2)21(22(28)26-11-16-4-7-18(23)8-5-16)27(15(13)3)12-17-6-9-19(24)10-20(17)25/h4-10H,11-12H2,1-3H3,(H,26,28). The molecule has 0 aliphatic carbocycles. The van der Waals surface area contributed by atoms with Gasteiger partial charge >= 0.3 is 0 Å². The van der Waals surface area contributed by atoms with Crippen LogP contribution in [0.3, 0.4) is 0 Å². The van der Waals surface area contributed by atoms with Crippen molar-refractivity contribution in [2.75, 3.05) is 0 Å². The first-order valence-corrected chi connectivity index (χ1v) is 8.90. The van der Waals surface area contributed by atoms with E-state index < -0.39 is 11.6 Å². The second-order valence-corrected chi connectivity index (χ2v) is 6.82. The van der Waals surface area contributed by atoms with Crippen LogP contribution >= 0.6 is 0 Å². The van der Waals surface area contributed by atoms with Gasteiger partial charge in [0.1, 0.15) is 23.1 Å². The van der Waals surface area contributed by atoms with E-state index in [1.165, 1.54) is 24.3 Å². The Kier molecular flexibility index (Phi) is 5.58. The van der Waals surface area contributed by atoms with E-state index in [0.29, 0.717) is 11.3 Å². The minimum atomic E-state index is -0.652. The fourth-order valence-electron chi connectivity index (χ4n) is 3.20. The van der Waals surface area contributed by atoms with Crippen LogP contribution in [0, 0.1) is 38.2 Å². The van der Waals surface area contributed by atoms with Crippen molar-refractivity contribution in [3.8, 4) is 0 Å². The summed E-state index contributed by atoms with van der Waals surface area (Å²) in [5, 5.41) is 2.83. The van der Waals surface area contributed by atoms with Crippen LogP contribution in [0.2, 0.25) is 0 Å². The summed E-state index contributed by atoms with van der Waals surface area (Å²) in [7, 11) is 0. The Balaban J connectivity index is 1.88. The van der Waals surface area contributed by atoms with Crippen LogP contribution in [0.5, 0.6) is 0 Å². The van der Waals surface area contributed by atoms with Crippen LogP contribution in [-0.2, 0) is 13.1 Å². The average molecular weight is 386 g/mol. The Morgan fingerprint density at radius 3 is 2.21 bits per heavy atom. The molecule has 0 saturated heterocycles. The molecular formula is C22H21F3N2O. The Hall–Kier alpha value is -3.02. The lowest BCUT2D eigenvalue weighted by Crippen LogP contribution is -2.27. The Morgan fingerprint density at radius 1 is 0.929 bits per heavy atom. The molecular weight excluding hydrogens is 365 g/mol. The number of hydrogen-bond acceptors (Lipinski definition) is 1. The highest BCUT2D eigenvalue weighted by Crippen LogP contribution is 2.24. The van der Waals surface area contributed by atoms with E-state index in [1.54, 1.807) is 16.7 Å². The van der Waals surface area contributed by atoms with Gasteiger partial charge in [0.2, 0.25) is 0 Å². The van der Waals surface area contributed by atoms with Gasteiger partial charge in [-0.15, -0.1) is 0 Å². The fraction of sp³-hybridized carbons (Fsp3) is 0.227. The number of benzene rings is 2. The predicted molar refractivity (Wildman–Crippen MR) is 102 cm³/mol. The van der Waals surface area contributed by atoms with Gasteiger partial charge in [0.15, 0.2) is 0 Å². The molecule has 0 aliphatic rings. The van der Waals surface area contributed by atoms with Gasteiger partial charge in [-0.25, -0.2) is 13.2 Å². The number of rotatable bonds is 5. The summed E-state index contributed by atoms with van der Waals surface area (Å²) in [6, 6.07) is 9.29. The molecule has 1 aromatic heterocycles. The SMILES string of the molecule is Cc1c(C)c(C(=O)NCc2ccc(F)cc2)n(Cc2ccc(F)cc2F)c1C. The Labute approximate surface area is 161 Å². The smallest absolute Gasteiger partial charge is 0.268 e. The molecule has 0 saturated carbocycles. The number of amides is 1. The first kappa shape index (κ1) is 19.7. The lowest BCUT2D eigenvalue weighted by Gasteiger charge is -2.14. The number of halogens is 3. The summed E-state index contributed by atoms with van der Waals surface area (Å²) in [4.78, 5) is 12.9. The summed E-state index contributed by atoms with van der Waals surface area (Å²) in [5.74, 6) is -1.94. The van der Waals surface area contributed by atoms with Crippen LogP contribution in [-0.4, -0.2) is 10.5 Å². The molecule has 146 valence electrons. The van der Waals surface area contributed by atoms with Gasteiger partial charge in [0.25, 0.3) is 5.91 Å². The highest BCUT2D eigenvalue weighted by molar-refractivity contribution is 5.95. The number of carbonyl (C=O) groups excluding carboxylic acids is 1. The van der Waals surface area contributed by atoms with Crippen LogP contribution in [0.15, 0.2) is 42.5 Å². The third-order valence-electron chi connectivity index (χ3n) is 5.06. The molecule has 1 N–H and O–H groups in total. The number of nitrogens with one attached hydrogen (secondary N) is 1. The molecule has 3 rings (SSSR count). The third kappa shape index (κ3) is 3.96. The van der Waals surface area contributed by atoms with E-state index >= 15 is 0 Å². The van der Waals surface area contributed by atoms with Crippen molar-refractivity contribution in [2.24, 2.45) is 0 Å². The molecule has 6 heteroatoms. The number of carbonyl (C=O) groups is 1. The van der Waals surface area contributed by atoms with Gasteiger partial charge < -0.3 is 9.88 Å². The predicted octanol–water partition coefficient (Wildman–Crippen LogP) is 4.81. The van der Waals surface area contributed by atoms with E-state index in [0.717, 1.165) is 28.5 Å². The highest BCUT2D eigenvalue weighted by Gasteiger charge is 2.21. The normalized spacial score (nSPS) is 10.9. The first-order valence-electron chi connectivity index (χ1n) is 8.90. The topological polar surface area (TPSA) is 34.0 Å². The average Bonchev–Trinajstić information content (AvgIpc) is 2.87. The lowest BCUT2D eigenvalue weighted by atomic mass is 10.1. The van der Waals surface area contributed by atoms with Gasteiger partial charge in [-0.05, 0) is 55.7 Å².